The molecule has 8 heteroatoms. The van der Waals surface area contributed by atoms with E-state index in [2.05, 4.69) is 27.3 Å². The first-order valence-electron chi connectivity index (χ1n) is 7.89. The smallest absolute Gasteiger partial charge is 0.273 e. The highest BCUT2D eigenvalue weighted by Crippen LogP contribution is 2.27. The number of aromatic nitrogens is 1. The second kappa shape index (κ2) is 6.76. The number of amidine groups is 1. The highest BCUT2D eigenvalue weighted by Gasteiger charge is 2.28. The fourth-order valence-electron chi connectivity index (χ4n) is 2.35. The Balaban J connectivity index is 1.79. The van der Waals surface area contributed by atoms with Gasteiger partial charge in [0.2, 0.25) is 5.95 Å². The number of hydrazone groups is 1. The van der Waals surface area contributed by atoms with Crippen LogP contribution in [0.3, 0.4) is 0 Å². The summed E-state index contributed by atoms with van der Waals surface area (Å²) >= 11 is 0. The lowest BCUT2D eigenvalue weighted by Crippen LogP contribution is -2.35. The summed E-state index contributed by atoms with van der Waals surface area (Å²) in [6.07, 6.45) is 6.74. The molecule has 0 bridgehead atoms. The summed E-state index contributed by atoms with van der Waals surface area (Å²) in [6.45, 7) is 5.71. The van der Waals surface area contributed by atoms with Gasteiger partial charge < -0.3 is 16.4 Å². The predicted molar refractivity (Wildman–Crippen MR) is 93.4 cm³/mol. The fraction of sp³-hybridized carbons (Fsp3) is 0.235. The molecule has 2 aliphatic rings. The maximum absolute atomic E-state index is 13.2. The fourth-order valence-corrected chi connectivity index (χ4v) is 2.35. The second-order valence-corrected chi connectivity index (χ2v) is 5.76. The number of carbonyl (C=O) groups excluding carboxylic acids is 1. The molecule has 7 nitrogen and oxygen atoms in total. The number of hydrogen-bond acceptors (Lipinski definition) is 6. The number of hydrogen-bond donors (Lipinski definition) is 3. The van der Waals surface area contributed by atoms with Crippen LogP contribution in [-0.2, 0) is 4.79 Å². The van der Waals surface area contributed by atoms with E-state index >= 15 is 0 Å². The average molecular weight is 342 g/mol. The molecule has 1 fully saturated rings. The molecule has 1 amide bonds. The second-order valence-electron chi connectivity index (χ2n) is 5.76. The van der Waals surface area contributed by atoms with Crippen LogP contribution in [0.15, 0.2) is 59.3 Å². The van der Waals surface area contributed by atoms with Crippen molar-refractivity contribution in [3.8, 4) is 0 Å². The predicted octanol–water partition coefficient (Wildman–Crippen LogP) is 1.80. The van der Waals surface area contributed by atoms with Crippen LogP contribution in [0.5, 0.6) is 0 Å². The first kappa shape index (κ1) is 16.7. The molecule has 0 saturated heterocycles. The lowest BCUT2D eigenvalue weighted by Gasteiger charge is -2.28. The Kier molecular flexibility index (Phi) is 4.51. The van der Waals surface area contributed by atoms with Crippen LogP contribution in [-0.4, -0.2) is 27.8 Å². The lowest BCUT2D eigenvalue weighted by molar-refractivity contribution is -0.114. The monoisotopic (exact) mass is 342 g/mol. The normalized spacial score (nSPS) is 17.8. The van der Waals surface area contributed by atoms with Gasteiger partial charge in [0.1, 0.15) is 11.5 Å². The highest BCUT2D eigenvalue weighted by atomic mass is 19.1. The topological polar surface area (TPSA) is 95.6 Å². The molecule has 1 aromatic heterocycles. The third kappa shape index (κ3) is 3.85. The third-order valence-corrected chi connectivity index (χ3v) is 3.73. The summed E-state index contributed by atoms with van der Waals surface area (Å²) in [5.41, 5.74) is 7.65. The van der Waals surface area contributed by atoms with Gasteiger partial charge in [-0.15, -0.1) is 5.10 Å². The zero-order valence-corrected chi connectivity index (χ0v) is 13.8. The summed E-state index contributed by atoms with van der Waals surface area (Å²) in [7, 11) is 0. The van der Waals surface area contributed by atoms with Crippen LogP contribution < -0.4 is 16.4 Å². The molecular weight excluding hydrogens is 323 g/mol. The minimum absolute atomic E-state index is 0.230. The molecule has 130 valence electrons. The van der Waals surface area contributed by atoms with Crippen molar-refractivity contribution in [1.29, 1.82) is 0 Å². The van der Waals surface area contributed by atoms with E-state index in [0.29, 0.717) is 17.4 Å². The maximum atomic E-state index is 13.2. The standard InChI is InChI=1S/C17H19FN6O/c1-3-14(17(25)22-12-6-7-20-15(18)8-12)24-10(2)13(9-16(19)23-24)21-11-4-5-11/h3,6-9,11,21H,2,4-5H2,1H3,(H2,19,23)(H,20,22,25)/b14-3-. The van der Waals surface area contributed by atoms with Gasteiger partial charge in [0.15, 0.2) is 0 Å². The molecule has 1 aromatic rings. The van der Waals surface area contributed by atoms with Crippen LogP contribution in [0.2, 0.25) is 0 Å². The van der Waals surface area contributed by atoms with Crippen molar-refractivity contribution in [3.63, 3.8) is 0 Å². The zero-order valence-electron chi connectivity index (χ0n) is 13.8. The van der Waals surface area contributed by atoms with Gasteiger partial charge in [0.05, 0.1) is 11.4 Å². The molecule has 1 aliphatic carbocycles. The van der Waals surface area contributed by atoms with Gasteiger partial charge in [-0.1, -0.05) is 12.7 Å². The molecule has 1 saturated carbocycles. The molecule has 0 unspecified atom stereocenters. The van der Waals surface area contributed by atoms with Gasteiger partial charge in [0, 0.05) is 30.1 Å². The number of amides is 1. The van der Waals surface area contributed by atoms with E-state index in [1.807, 2.05) is 0 Å². The molecule has 2 heterocycles. The van der Waals surface area contributed by atoms with Crippen molar-refractivity contribution >= 4 is 17.4 Å². The van der Waals surface area contributed by atoms with Crippen LogP contribution >= 0.6 is 0 Å². The lowest BCUT2D eigenvalue weighted by atomic mass is 10.2. The molecule has 1 aliphatic heterocycles. The van der Waals surface area contributed by atoms with Crippen molar-refractivity contribution in [1.82, 2.24) is 15.3 Å². The Morgan fingerprint density at radius 2 is 2.28 bits per heavy atom. The van der Waals surface area contributed by atoms with Crippen molar-refractivity contribution < 1.29 is 9.18 Å². The number of nitrogens with one attached hydrogen (secondary N) is 2. The SMILES string of the molecule is C=C1C(NC2CC2)=CC(N)=NN1/C(=C\C)C(=O)Nc1ccnc(F)c1. The molecule has 0 spiro atoms. The molecule has 3 rings (SSSR count). The minimum Gasteiger partial charge on any atom is -0.382 e. The first-order chi connectivity index (χ1) is 12.0. The number of halogens is 1. The van der Waals surface area contributed by atoms with E-state index in [9.17, 15) is 9.18 Å². The van der Waals surface area contributed by atoms with Gasteiger partial charge in [-0.2, -0.15) is 4.39 Å². The third-order valence-electron chi connectivity index (χ3n) is 3.73. The van der Waals surface area contributed by atoms with Gasteiger partial charge in [-0.05, 0) is 25.8 Å². The quantitative estimate of drug-likeness (QED) is 0.560. The van der Waals surface area contributed by atoms with Gasteiger partial charge in [0.25, 0.3) is 5.91 Å². The first-order valence-corrected chi connectivity index (χ1v) is 7.89. The van der Waals surface area contributed by atoms with E-state index in [-0.39, 0.29) is 11.5 Å². The van der Waals surface area contributed by atoms with E-state index in [4.69, 9.17) is 5.73 Å². The summed E-state index contributed by atoms with van der Waals surface area (Å²) in [4.78, 5) is 16.0. The Bertz CT molecular complexity index is 809. The number of pyridine rings is 1. The number of anilines is 1. The minimum atomic E-state index is -0.677. The molecule has 0 atom stereocenters. The van der Waals surface area contributed by atoms with Gasteiger partial charge in [-0.25, -0.2) is 9.99 Å². The van der Waals surface area contributed by atoms with Gasteiger partial charge in [-0.3, -0.25) is 4.79 Å². The highest BCUT2D eigenvalue weighted by molar-refractivity contribution is 6.04. The largest absolute Gasteiger partial charge is 0.382 e. The number of rotatable bonds is 5. The molecule has 25 heavy (non-hydrogen) atoms. The Morgan fingerprint density at radius 3 is 2.92 bits per heavy atom. The van der Waals surface area contributed by atoms with Crippen LogP contribution in [0.25, 0.3) is 0 Å². The van der Waals surface area contributed by atoms with Crippen LogP contribution in [0.1, 0.15) is 19.8 Å². The van der Waals surface area contributed by atoms with Crippen molar-refractivity contribution in [3.05, 3.63) is 60.1 Å². The molecule has 4 N–H and O–H groups in total. The van der Waals surface area contributed by atoms with Crippen LogP contribution in [0.4, 0.5) is 10.1 Å². The molecule has 0 radical (unpaired) electrons. The summed E-state index contributed by atoms with van der Waals surface area (Å²) in [5, 5.41) is 11.5. The number of allylic oxidation sites excluding steroid dienone is 1. The van der Waals surface area contributed by atoms with Gasteiger partial charge >= 0.3 is 0 Å². The van der Waals surface area contributed by atoms with Crippen LogP contribution in [0, 0.1) is 5.95 Å². The molecular formula is C17H19FN6O. The number of nitrogens with zero attached hydrogens (tertiary/aromatic N) is 3. The van der Waals surface area contributed by atoms with E-state index in [1.165, 1.54) is 17.3 Å². The Hall–Kier alpha value is -3.16. The number of nitrogens with two attached hydrogens (primary N) is 1. The van der Waals surface area contributed by atoms with Crippen molar-refractivity contribution in [2.24, 2.45) is 10.8 Å². The summed E-state index contributed by atoms with van der Waals surface area (Å²) in [5.74, 6) is -0.876. The Labute approximate surface area is 144 Å². The summed E-state index contributed by atoms with van der Waals surface area (Å²) < 4.78 is 13.2. The zero-order chi connectivity index (χ0) is 18.0. The summed E-state index contributed by atoms with van der Waals surface area (Å²) in [6, 6.07) is 3.03. The number of carbonyl (C=O) groups is 1. The van der Waals surface area contributed by atoms with E-state index < -0.39 is 11.9 Å². The van der Waals surface area contributed by atoms with Crippen molar-refractivity contribution in [2.75, 3.05) is 5.32 Å². The van der Waals surface area contributed by atoms with Crippen molar-refractivity contribution in [2.45, 2.75) is 25.8 Å². The maximum Gasteiger partial charge on any atom is 0.273 e. The molecule has 0 aromatic carbocycles. The van der Waals surface area contributed by atoms with E-state index in [1.54, 1.807) is 19.1 Å². The average Bonchev–Trinajstić information content (AvgIpc) is 3.36. The van der Waals surface area contributed by atoms with E-state index in [0.717, 1.165) is 24.6 Å². The Morgan fingerprint density at radius 1 is 1.52 bits per heavy atom.